The van der Waals surface area contributed by atoms with E-state index in [0.29, 0.717) is 22.6 Å². The van der Waals surface area contributed by atoms with Crippen LogP contribution in [0.1, 0.15) is 12.7 Å². The molecule has 0 saturated carbocycles. The van der Waals surface area contributed by atoms with Gasteiger partial charge in [0.25, 0.3) is 0 Å². The van der Waals surface area contributed by atoms with E-state index in [9.17, 15) is 9.90 Å². The molecular weight excluding hydrogens is 348 g/mol. The zero-order valence-corrected chi connectivity index (χ0v) is 15.3. The standard InChI is InChI=1S/C21H22O6/c1-13(23)11-19-20(15-5-3-4-6-16(15)21(24)27-19)14-7-8-17(26-10-9-22)18(12-14)25-2/h3-8,12-13,22-23H,9-11H2,1-2H3. The molecule has 0 bridgehead atoms. The number of hydrogen-bond donors (Lipinski definition) is 2. The molecule has 3 aromatic rings. The summed E-state index contributed by atoms with van der Waals surface area (Å²) in [5.74, 6) is 1.42. The van der Waals surface area contributed by atoms with Crippen LogP contribution in [0, 0.1) is 0 Å². The van der Waals surface area contributed by atoms with Crippen molar-refractivity contribution >= 4 is 10.8 Å². The van der Waals surface area contributed by atoms with Crippen molar-refractivity contribution < 1.29 is 24.1 Å². The fourth-order valence-corrected chi connectivity index (χ4v) is 3.07. The van der Waals surface area contributed by atoms with Gasteiger partial charge in [-0.3, -0.25) is 0 Å². The molecular formula is C21H22O6. The maximum atomic E-state index is 12.3. The van der Waals surface area contributed by atoms with Crippen molar-refractivity contribution in [2.75, 3.05) is 20.3 Å². The molecule has 3 rings (SSSR count). The lowest BCUT2D eigenvalue weighted by atomic mass is 9.96. The third-order valence-electron chi connectivity index (χ3n) is 4.19. The summed E-state index contributed by atoms with van der Waals surface area (Å²) in [6.45, 7) is 1.70. The first-order valence-corrected chi connectivity index (χ1v) is 8.70. The second kappa shape index (κ2) is 8.24. The van der Waals surface area contributed by atoms with Crippen LogP contribution in [0.5, 0.6) is 11.5 Å². The SMILES string of the molecule is COc1cc(-c2c(CC(C)O)oc(=O)c3ccccc23)ccc1OCCO. The van der Waals surface area contributed by atoms with E-state index in [2.05, 4.69) is 0 Å². The van der Waals surface area contributed by atoms with Gasteiger partial charge in [-0.1, -0.05) is 24.3 Å². The van der Waals surface area contributed by atoms with E-state index in [1.165, 1.54) is 7.11 Å². The van der Waals surface area contributed by atoms with Gasteiger partial charge in [0.2, 0.25) is 0 Å². The van der Waals surface area contributed by atoms with E-state index < -0.39 is 11.7 Å². The highest BCUT2D eigenvalue weighted by Crippen LogP contribution is 2.37. The molecule has 0 spiro atoms. The van der Waals surface area contributed by atoms with Gasteiger partial charge in [0.15, 0.2) is 11.5 Å². The summed E-state index contributed by atoms with van der Waals surface area (Å²) in [4.78, 5) is 12.3. The second-order valence-electron chi connectivity index (χ2n) is 6.22. The number of methoxy groups -OCH3 is 1. The first-order chi connectivity index (χ1) is 13.0. The van der Waals surface area contributed by atoms with Gasteiger partial charge in [-0.2, -0.15) is 0 Å². The Bertz CT molecular complexity index is 990. The molecule has 2 aromatic carbocycles. The predicted octanol–water partition coefficient (Wildman–Crippen LogP) is 2.76. The van der Waals surface area contributed by atoms with Crippen LogP contribution in [-0.2, 0) is 6.42 Å². The van der Waals surface area contributed by atoms with Crippen LogP contribution in [0.2, 0.25) is 0 Å². The molecule has 0 aliphatic heterocycles. The third kappa shape index (κ3) is 3.97. The van der Waals surface area contributed by atoms with E-state index in [0.717, 1.165) is 16.5 Å². The van der Waals surface area contributed by atoms with Gasteiger partial charge in [0.05, 0.1) is 25.2 Å². The minimum atomic E-state index is -0.665. The van der Waals surface area contributed by atoms with Crippen LogP contribution in [0.15, 0.2) is 51.7 Å². The van der Waals surface area contributed by atoms with Crippen molar-refractivity contribution in [3.63, 3.8) is 0 Å². The first-order valence-electron chi connectivity index (χ1n) is 8.70. The molecule has 27 heavy (non-hydrogen) atoms. The minimum Gasteiger partial charge on any atom is -0.493 e. The largest absolute Gasteiger partial charge is 0.493 e. The molecule has 2 N–H and O–H groups in total. The summed E-state index contributed by atoms with van der Waals surface area (Å²) in [6.07, 6.45) is -0.456. The Kier molecular flexibility index (Phi) is 5.78. The molecule has 0 radical (unpaired) electrons. The summed E-state index contributed by atoms with van der Waals surface area (Å²) < 4.78 is 16.4. The maximum absolute atomic E-state index is 12.3. The average Bonchev–Trinajstić information content (AvgIpc) is 2.66. The number of ether oxygens (including phenoxy) is 2. The molecule has 142 valence electrons. The summed E-state index contributed by atoms with van der Waals surface area (Å²) in [5, 5.41) is 20.0. The summed E-state index contributed by atoms with van der Waals surface area (Å²) >= 11 is 0. The Morgan fingerprint density at radius 1 is 1.11 bits per heavy atom. The zero-order chi connectivity index (χ0) is 19.4. The van der Waals surface area contributed by atoms with Crippen molar-refractivity contribution in [1.29, 1.82) is 0 Å². The highest BCUT2D eigenvalue weighted by Gasteiger charge is 2.18. The van der Waals surface area contributed by atoms with Crippen LogP contribution in [0.4, 0.5) is 0 Å². The number of fused-ring (bicyclic) bond motifs is 1. The van der Waals surface area contributed by atoms with Crippen LogP contribution in [-0.4, -0.2) is 36.6 Å². The minimum absolute atomic E-state index is 0.0993. The fraction of sp³-hybridized carbons (Fsp3) is 0.286. The number of rotatable bonds is 7. The highest BCUT2D eigenvalue weighted by molar-refractivity contribution is 5.97. The van der Waals surface area contributed by atoms with Crippen molar-refractivity contribution in [2.45, 2.75) is 19.4 Å². The van der Waals surface area contributed by atoms with E-state index in [1.54, 1.807) is 31.2 Å². The smallest absolute Gasteiger partial charge is 0.343 e. The quantitative estimate of drug-likeness (QED) is 0.665. The molecule has 0 fully saturated rings. The zero-order valence-electron chi connectivity index (χ0n) is 15.3. The van der Waals surface area contributed by atoms with Crippen molar-refractivity contribution in [2.24, 2.45) is 0 Å². The van der Waals surface area contributed by atoms with Crippen molar-refractivity contribution in [3.05, 3.63) is 58.6 Å². The molecule has 0 saturated heterocycles. The second-order valence-corrected chi connectivity index (χ2v) is 6.22. The number of hydrogen-bond acceptors (Lipinski definition) is 6. The third-order valence-corrected chi connectivity index (χ3v) is 4.19. The van der Waals surface area contributed by atoms with Gasteiger partial charge >= 0.3 is 5.63 Å². The first kappa shape index (κ1) is 18.9. The van der Waals surface area contributed by atoms with Crippen LogP contribution in [0.25, 0.3) is 21.9 Å². The molecule has 0 aliphatic carbocycles. The number of benzene rings is 2. The van der Waals surface area contributed by atoms with Gasteiger partial charge < -0.3 is 24.1 Å². The molecule has 6 heteroatoms. The van der Waals surface area contributed by atoms with E-state index in [-0.39, 0.29) is 19.6 Å². The monoisotopic (exact) mass is 370 g/mol. The van der Waals surface area contributed by atoms with Gasteiger partial charge in [0.1, 0.15) is 12.4 Å². The molecule has 1 heterocycles. The topological polar surface area (TPSA) is 89.1 Å². The van der Waals surface area contributed by atoms with Crippen LogP contribution < -0.4 is 15.1 Å². The Hall–Kier alpha value is -2.83. The van der Waals surface area contributed by atoms with Crippen molar-refractivity contribution in [3.8, 4) is 22.6 Å². The summed E-state index contributed by atoms with van der Waals surface area (Å²) in [6, 6.07) is 12.6. The molecule has 1 atom stereocenters. The Balaban J connectivity index is 2.23. The highest BCUT2D eigenvalue weighted by atomic mass is 16.5. The van der Waals surface area contributed by atoms with Gasteiger partial charge in [-0.05, 0) is 30.7 Å². The van der Waals surface area contributed by atoms with Gasteiger partial charge in [0, 0.05) is 17.4 Å². The Morgan fingerprint density at radius 3 is 2.52 bits per heavy atom. The maximum Gasteiger partial charge on any atom is 0.343 e. The normalized spacial score (nSPS) is 12.1. The lowest BCUT2D eigenvalue weighted by molar-refractivity contribution is 0.186. The lowest BCUT2D eigenvalue weighted by Crippen LogP contribution is -2.11. The Labute approximate surface area is 156 Å². The molecule has 0 aliphatic rings. The predicted molar refractivity (Wildman–Crippen MR) is 102 cm³/mol. The molecule has 1 unspecified atom stereocenters. The Morgan fingerprint density at radius 2 is 1.85 bits per heavy atom. The van der Waals surface area contributed by atoms with E-state index in [4.69, 9.17) is 19.0 Å². The fourth-order valence-electron chi connectivity index (χ4n) is 3.07. The number of aliphatic hydroxyl groups is 2. The van der Waals surface area contributed by atoms with Crippen LogP contribution >= 0.6 is 0 Å². The summed E-state index contributed by atoms with van der Waals surface area (Å²) in [5.41, 5.74) is 1.08. The van der Waals surface area contributed by atoms with Crippen molar-refractivity contribution in [1.82, 2.24) is 0 Å². The molecule has 1 aromatic heterocycles. The summed E-state index contributed by atoms with van der Waals surface area (Å²) in [7, 11) is 1.53. The number of aliphatic hydroxyl groups excluding tert-OH is 2. The van der Waals surface area contributed by atoms with E-state index >= 15 is 0 Å². The van der Waals surface area contributed by atoms with Gasteiger partial charge in [-0.15, -0.1) is 0 Å². The van der Waals surface area contributed by atoms with Crippen LogP contribution in [0.3, 0.4) is 0 Å². The van der Waals surface area contributed by atoms with E-state index in [1.807, 2.05) is 18.2 Å². The van der Waals surface area contributed by atoms with Gasteiger partial charge in [-0.25, -0.2) is 4.79 Å². The molecule has 6 nitrogen and oxygen atoms in total. The molecule has 0 amide bonds. The average molecular weight is 370 g/mol. The lowest BCUT2D eigenvalue weighted by Gasteiger charge is -2.15.